The second-order valence-corrected chi connectivity index (χ2v) is 3.67. The molecule has 1 N–H and O–H groups in total. The van der Waals surface area contributed by atoms with Crippen LogP contribution in [0.1, 0.15) is 24.5 Å². The second-order valence-electron chi connectivity index (χ2n) is 3.67. The van der Waals surface area contributed by atoms with Crippen molar-refractivity contribution >= 4 is 0 Å². The fourth-order valence-corrected chi connectivity index (χ4v) is 1.60. The van der Waals surface area contributed by atoms with Crippen molar-refractivity contribution in [2.45, 2.75) is 18.9 Å². The summed E-state index contributed by atoms with van der Waals surface area (Å²) in [5.41, 5.74) is 0.691. The van der Waals surface area contributed by atoms with Gasteiger partial charge in [0, 0.05) is 11.6 Å². The van der Waals surface area contributed by atoms with E-state index in [1.807, 2.05) is 0 Å². The van der Waals surface area contributed by atoms with Gasteiger partial charge in [-0.15, -0.1) is 0 Å². The topological polar surface area (TPSA) is 29.5 Å². The van der Waals surface area contributed by atoms with Crippen LogP contribution < -0.4 is 4.74 Å². The second kappa shape index (κ2) is 3.58. The Morgan fingerprint density at radius 1 is 1.50 bits per heavy atom. The Morgan fingerprint density at radius 3 is 2.79 bits per heavy atom. The van der Waals surface area contributed by atoms with Gasteiger partial charge in [-0.05, 0) is 30.9 Å². The Balaban J connectivity index is 2.30. The van der Waals surface area contributed by atoms with Gasteiger partial charge in [-0.25, -0.2) is 4.39 Å². The van der Waals surface area contributed by atoms with Crippen LogP contribution in [0.15, 0.2) is 18.2 Å². The molecule has 1 aliphatic rings. The molecule has 0 aromatic heterocycles. The lowest BCUT2D eigenvalue weighted by atomic mass is 10.0. The number of hydrogen-bond acceptors (Lipinski definition) is 2. The van der Waals surface area contributed by atoms with E-state index in [0.29, 0.717) is 17.2 Å². The van der Waals surface area contributed by atoms with Crippen LogP contribution in [0.2, 0.25) is 0 Å². The van der Waals surface area contributed by atoms with Crippen molar-refractivity contribution in [1.29, 1.82) is 0 Å². The number of ether oxygens (including phenoxy) is 1. The van der Waals surface area contributed by atoms with Crippen LogP contribution in [0.25, 0.3) is 0 Å². The highest BCUT2D eigenvalue weighted by atomic mass is 19.1. The van der Waals surface area contributed by atoms with Gasteiger partial charge in [0.15, 0.2) is 0 Å². The van der Waals surface area contributed by atoms with E-state index in [1.165, 1.54) is 19.2 Å². The van der Waals surface area contributed by atoms with Gasteiger partial charge in [0.2, 0.25) is 0 Å². The Kier molecular flexibility index (Phi) is 2.42. The maximum atomic E-state index is 12.9. The highest BCUT2D eigenvalue weighted by Crippen LogP contribution is 2.43. The molecule has 1 saturated carbocycles. The molecule has 3 heteroatoms. The first-order valence-electron chi connectivity index (χ1n) is 4.74. The molecule has 76 valence electrons. The number of aliphatic hydroxyl groups is 1. The molecule has 1 aromatic carbocycles. The van der Waals surface area contributed by atoms with Gasteiger partial charge in [0.05, 0.1) is 13.2 Å². The molecule has 2 nitrogen and oxygen atoms in total. The molecule has 2 rings (SSSR count). The highest BCUT2D eigenvalue weighted by Gasteiger charge is 2.32. The molecule has 1 fully saturated rings. The standard InChI is InChI=1S/C11H13FO2/c1-14-10-6-8(12)4-5-9(10)11(13)7-2-3-7/h4-7,11,13H,2-3H2,1H3. The molecular weight excluding hydrogens is 183 g/mol. The molecule has 1 unspecified atom stereocenters. The van der Waals surface area contributed by atoms with E-state index in [4.69, 9.17) is 4.74 Å². The number of hydrogen-bond donors (Lipinski definition) is 1. The molecule has 14 heavy (non-hydrogen) atoms. The lowest BCUT2D eigenvalue weighted by Crippen LogP contribution is -2.02. The normalized spacial score (nSPS) is 17.9. The van der Waals surface area contributed by atoms with E-state index in [1.54, 1.807) is 6.07 Å². The minimum atomic E-state index is -0.509. The molecule has 0 saturated heterocycles. The van der Waals surface area contributed by atoms with Crippen LogP contribution in [0.5, 0.6) is 5.75 Å². The third-order valence-corrected chi connectivity index (χ3v) is 2.58. The molecule has 0 spiro atoms. The van der Waals surface area contributed by atoms with E-state index in [-0.39, 0.29) is 5.82 Å². The zero-order valence-electron chi connectivity index (χ0n) is 8.03. The monoisotopic (exact) mass is 196 g/mol. The number of halogens is 1. The predicted octanol–water partition coefficient (Wildman–Crippen LogP) is 2.28. The molecule has 0 amide bonds. The van der Waals surface area contributed by atoms with Crippen molar-refractivity contribution in [2.75, 3.05) is 7.11 Å². The molecule has 1 aliphatic carbocycles. The van der Waals surface area contributed by atoms with Crippen molar-refractivity contribution in [1.82, 2.24) is 0 Å². The first-order valence-corrected chi connectivity index (χ1v) is 4.74. The summed E-state index contributed by atoms with van der Waals surface area (Å²) in [5.74, 6) is 0.423. The van der Waals surface area contributed by atoms with Crippen LogP contribution in [0.3, 0.4) is 0 Å². The van der Waals surface area contributed by atoms with Gasteiger partial charge >= 0.3 is 0 Å². The summed E-state index contributed by atoms with van der Waals surface area (Å²) in [4.78, 5) is 0. The first kappa shape index (κ1) is 9.46. The number of rotatable bonds is 3. The largest absolute Gasteiger partial charge is 0.496 e. The number of aliphatic hydroxyl groups excluding tert-OH is 1. The van der Waals surface area contributed by atoms with Crippen LogP contribution in [0, 0.1) is 11.7 Å². The molecule has 0 aliphatic heterocycles. The van der Waals surface area contributed by atoms with Gasteiger partial charge in [0.25, 0.3) is 0 Å². The average molecular weight is 196 g/mol. The molecule has 1 atom stereocenters. The Labute approximate surface area is 82.3 Å². The minimum Gasteiger partial charge on any atom is -0.496 e. The minimum absolute atomic E-state index is 0.328. The van der Waals surface area contributed by atoms with Crippen molar-refractivity contribution in [3.8, 4) is 5.75 Å². The number of methoxy groups -OCH3 is 1. The summed E-state index contributed by atoms with van der Waals surface area (Å²) in [7, 11) is 1.48. The maximum Gasteiger partial charge on any atom is 0.127 e. The van der Waals surface area contributed by atoms with Gasteiger partial charge in [-0.1, -0.05) is 0 Å². The lowest BCUT2D eigenvalue weighted by Gasteiger charge is -2.13. The van der Waals surface area contributed by atoms with Crippen molar-refractivity contribution in [3.63, 3.8) is 0 Å². The van der Waals surface area contributed by atoms with Gasteiger partial charge in [0.1, 0.15) is 11.6 Å². The zero-order chi connectivity index (χ0) is 10.1. The Morgan fingerprint density at radius 2 is 2.21 bits per heavy atom. The third-order valence-electron chi connectivity index (χ3n) is 2.58. The van der Waals surface area contributed by atoms with Crippen molar-refractivity contribution in [2.24, 2.45) is 5.92 Å². The van der Waals surface area contributed by atoms with E-state index in [9.17, 15) is 9.50 Å². The predicted molar refractivity (Wildman–Crippen MR) is 50.6 cm³/mol. The van der Waals surface area contributed by atoms with Gasteiger partial charge < -0.3 is 9.84 Å². The van der Waals surface area contributed by atoms with E-state index in [0.717, 1.165) is 12.8 Å². The summed E-state index contributed by atoms with van der Waals surface area (Å²) in [6.07, 6.45) is 1.58. The SMILES string of the molecule is COc1cc(F)ccc1C(O)C1CC1. The van der Waals surface area contributed by atoms with E-state index < -0.39 is 6.10 Å². The molecular formula is C11H13FO2. The Hall–Kier alpha value is -1.09. The fraction of sp³-hybridized carbons (Fsp3) is 0.455. The fourth-order valence-electron chi connectivity index (χ4n) is 1.60. The average Bonchev–Trinajstić information content (AvgIpc) is 3.00. The van der Waals surface area contributed by atoms with Crippen LogP contribution in [-0.2, 0) is 0 Å². The van der Waals surface area contributed by atoms with Crippen LogP contribution >= 0.6 is 0 Å². The number of benzene rings is 1. The Bertz CT molecular complexity index is 334. The first-order chi connectivity index (χ1) is 6.72. The van der Waals surface area contributed by atoms with Crippen LogP contribution in [0.4, 0.5) is 4.39 Å². The smallest absolute Gasteiger partial charge is 0.127 e. The quantitative estimate of drug-likeness (QED) is 0.803. The van der Waals surface area contributed by atoms with Crippen molar-refractivity contribution in [3.05, 3.63) is 29.6 Å². The molecule has 0 bridgehead atoms. The van der Waals surface area contributed by atoms with Crippen molar-refractivity contribution < 1.29 is 14.2 Å². The molecule has 0 radical (unpaired) electrons. The van der Waals surface area contributed by atoms with E-state index in [2.05, 4.69) is 0 Å². The summed E-state index contributed by atoms with van der Waals surface area (Å²) in [5, 5.41) is 9.86. The summed E-state index contributed by atoms with van der Waals surface area (Å²) in [6, 6.07) is 4.25. The summed E-state index contributed by atoms with van der Waals surface area (Å²) in [6.45, 7) is 0. The van der Waals surface area contributed by atoms with E-state index >= 15 is 0 Å². The van der Waals surface area contributed by atoms with Gasteiger partial charge in [-0.2, -0.15) is 0 Å². The maximum absolute atomic E-state index is 12.9. The highest BCUT2D eigenvalue weighted by molar-refractivity contribution is 5.36. The van der Waals surface area contributed by atoms with Gasteiger partial charge in [-0.3, -0.25) is 0 Å². The summed E-state index contributed by atoms with van der Waals surface area (Å²) >= 11 is 0. The summed E-state index contributed by atoms with van der Waals surface area (Å²) < 4.78 is 17.9. The van der Waals surface area contributed by atoms with Crippen LogP contribution in [-0.4, -0.2) is 12.2 Å². The molecule has 1 aromatic rings. The lowest BCUT2D eigenvalue weighted by molar-refractivity contribution is 0.150. The molecule has 0 heterocycles. The zero-order valence-corrected chi connectivity index (χ0v) is 8.03. The third kappa shape index (κ3) is 1.73.